The molecular formula is C21H20FN3O3S. The maximum atomic E-state index is 13.4. The molecule has 0 radical (unpaired) electrons. The number of nitrogens with zero attached hydrogens (tertiary/aromatic N) is 2. The van der Waals surface area contributed by atoms with Crippen LogP contribution in [0.25, 0.3) is 5.69 Å². The van der Waals surface area contributed by atoms with Gasteiger partial charge >= 0.3 is 0 Å². The number of aryl methyl sites for hydroxylation is 1. The summed E-state index contributed by atoms with van der Waals surface area (Å²) in [6.07, 6.45) is 0. The van der Waals surface area contributed by atoms with Crippen molar-refractivity contribution >= 4 is 23.5 Å². The van der Waals surface area contributed by atoms with E-state index < -0.39 is 0 Å². The van der Waals surface area contributed by atoms with Gasteiger partial charge in [-0.3, -0.25) is 4.79 Å². The predicted octanol–water partition coefficient (Wildman–Crippen LogP) is 4.11. The van der Waals surface area contributed by atoms with Gasteiger partial charge < -0.3 is 14.8 Å². The van der Waals surface area contributed by atoms with Gasteiger partial charge in [-0.1, -0.05) is 6.07 Å². The van der Waals surface area contributed by atoms with Crippen LogP contribution in [0.15, 0.2) is 42.5 Å². The highest BCUT2D eigenvalue weighted by atomic mass is 32.2. The number of nitrogens with one attached hydrogen (secondary N) is 1. The van der Waals surface area contributed by atoms with E-state index in [2.05, 4.69) is 10.4 Å². The summed E-state index contributed by atoms with van der Waals surface area (Å²) in [6.45, 7) is 1.90. The van der Waals surface area contributed by atoms with Crippen molar-refractivity contribution in [2.45, 2.75) is 12.2 Å². The number of hydrogen-bond donors (Lipinski definition) is 1. The van der Waals surface area contributed by atoms with Crippen LogP contribution in [0.1, 0.15) is 22.1 Å². The summed E-state index contributed by atoms with van der Waals surface area (Å²) in [5.41, 5.74) is 3.27. The number of amides is 1. The minimum atomic E-state index is -0.329. The van der Waals surface area contributed by atoms with Crippen molar-refractivity contribution in [2.75, 3.05) is 25.3 Å². The quantitative estimate of drug-likeness (QED) is 0.697. The van der Waals surface area contributed by atoms with Gasteiger partial charge in [0.15, 0.2) is 0 Å². The first-order valence-electron chi connectivity index (χ1n) is 9.00. The fourth-order valence-corrected chi connectivity index (χ4v) is 4.65. The second-order valence-electron chi connectivity index (χ2n) is 6.58. The molecule has 1 aromatic heterocycles. The van der Waals surface area contributed by atoms with Crippen LogP contribution in [0.5, 0.6) is 11.5 Å². The van der Waals surface area contributed by atoms with Gasteiger partial charge in [-0.2, -0.15) is 5.10 Å². The predicted molar refractivity (Wildman–Crippen MR) is 111 cm³/mol. The lowest BCUT2D eigenvalue weighted by Gasteiger charge is -2.19. The Morgan fingerprint density at radius 2 is 1.93 bits per heavy atom. The molecular weight excluding hydrogens is 393 g/mol. The number of benzene rings is 2. The lowest BCUT2D eigenvalue weighted by Crippen LogP contribution is -2.15. The SMILES string of the molecule is COc1ccc([C@H]2SCC(=O)Nc3c2c(C)nn3-c2ccc(F)cc2)c(OC)c1. The van der Waals surface area contributed by atoms with Gasteiger partial charge in [0.25, 0.3) is 0 Å². The number of carbonyl (C=O) groups is 1. The monoisotopic (exact) mass is 413 g/mol. The van der Waals surface area contributed by atoms with Gasteiger partial charge in [-0.25, -0.2) is 9.07 Å². The molecule has 0 unspecified atom stereocenters. The Kier molecular flexibility index (Phi) is 5.19. The second kappa shape index (κ2) is 7.79. The van der Waals surface area contributed by atoms with Crippen LogP contribution < -0.4 is 14.8 Å². The van der Waals surface area contributed by atoms with Crippen molar-refractivity contribution in [3.8, 4) is 17.2 Å². The molecule has 0 aliphatic carbocycles. The number of thioether (sulfide) groups is 1. The van der Waals surface area contributed by atoms with Crippen LogP contribution in [0.3, 0.4) is 0 Å². The third kappa shape index (κ3) is 3.55. The number of rotatable bonds is 4. The van der Waals surface area contributed by atoms with Gasteiger partial charge in [0, 0.05) is 17.2 Å². The first kappa shape index (κ1) is 19.3. The van der Waals surface area contributed by atoms with Gasteiger partial charge in [-0.05, 0) is 37.3 Å². The number of anilines is 1. The molecule has 0 spiro atoms. The molecule has 150 valence electrons. The third-order valence-electron chi connectivity index (χ3n) is 4.80. The Morgan fingerprint density at radius 3 is 2.62 bits per heavy atom. The van der Waals surface area contributed by atoms with E-state index in [0.29, 0.717) is 23.0 Å². The Bertz CT molecular complexity index is 1070. The molecule has 8 heteroatoms. The van der Waals surface area contributed by atoms with Gasteiger partial charge in [0.1, 0.15) is 23.1 Å². The molecule has 3 aromatic rings. The van der Waals surface area contributed by atoms with E-state index in [0.717, 1.165) is 16.8 Å². The van der Waals surface area contributed by atoms with Crippen LogP contribution >= 0.6 is 11.8 Å². The van der Waals surface area contributed by atoms with E-state index in [1.807, 2.05) is 25.1 Å². The number of aromatic nitrogens is 2. The van der Waals surface area contributed by atoms with Crippen LogP contribution in [-0.4, -0.2) is 35.7 Å². The minimum absolute atomic E-state index is 0.116. The standard InChI is InChI=1S/C21H20FN3O3S/c1-12-19-20(16-9-8-15(27-2)10-17(16)28-3)29-11-18(26)23-21(19)25(24-12)14-6-4-13(22)5-7-14/h4-10,20H,11H2,1-3H3,(H,23,26)/t20-/m1/s1. The first-order valence-corrected chi connectivity index (χ1v) is 10.1. The summed E-state index contributed by atoms with van der Waals surface area (Å²) in [4.78, 5) is 12.4. The number of hydrogen-bond acceptors (Lipinski definition) is 5. The van der Waals surface area contributed by atoms with Gasteiger partial charge in [-0.15, -0.1) is 11.8 Å². The van der Waals surface area contributed by atoms with Crippen molar-refractivity contribution in [3.63, 3.8) is 0 Å². The Labute approximate surface area is 172 Å². The highest BCUT2D eigenvalue weighted by molar-refractivity contribution is 8.00. The topological polar surface area (TPSA) is 65.4 Å². The summed E-state index contributed by atoms with van der Waals surface area (Å²) < 4.78 is 25.9. The Morgan fingerprint density at radius 1 is 1.17 bits per heavy atom. The zero-order valence-corrected chi connectivity index (χ0v) is 17.0. The average molecular weight is 413 g/mol. The molecule has 1 N–H and O–H groups in total. The summed E-state index contributed by atoms with van der Waals surface area (Å²) in [7, 11) is 3.21. The molecule has 2 aromatic carbocycles. The Hall–Kier alpha value is -3.00. The maximum absolute atomic E-state index is 13.4. The molecule has 0 fully saturated rings. The van der Waals surface area contributed by atoms with Gasteiger partial charge in [0.05, 0.1) is 36.6 Å². The number of methoxy groups -OCH3 is 2. The van der Waals surface area contributed by atoms with Crippen molar-refractivity contribution in [1.82, 2.24) is 9.78 Å². The highest BCUT2D eigenvalue weighted by Gasteiger charge is 2.32. The summed E-state index contributed by atoms with van der Waals surface area (Å²) in [5.74, 6) is 1.80. The minimum Gasteiger partial charge on any atom is -0.497 e. The average Bonchev–Trinajstić information content (AvgIpc) is 2.93. The zero-order valence-electron chi connectivity index (χ0n) is 16.2. The third-order valence-corrected chi connectivity index (χ3v) is 6.05. The maximum Gasteiger partial charge on any atom is 0.235 e. The molecule has 0 saturated carbocycles. The number of fused-ring (bicyclic) bond motifs is 1. The molecule has 1 aliphatic heterocycles. The smallest absolute Gasteiger partial charge is 0.235 e. The van der Waals surface area contributed by atoms with Crippen molar-refractivity contribution in [2.24, 2.45) is 0 Å². The van der Waals surface area contributed by atoms with Crippen LogP contribution in [0.2, 0.25) is 0 Å². The molecule has 0 bridgehead atoms. The van der Waals surface area contributed by atoms with E-state index in [1.54, 1.807) is 31.0 Å². The number of halogens is 1. The fraction of sp³-hybridized carbons (Fsp3) is 0.238. The van der Waals surface area contributed by atoms with E-state index in [1.165, 1.54) is 23.9 Å². The van der Waals surface area contributed by atoms with E-state index in [-0.39, 0.29) is 22.7 Å². The van der Waals surface area contributed by atoms with Crippen LogP contribution in [0.4, 0.5) is 10.2 Å². The molecule has 29 heavy (non-hydrogen) atoms. The normalized spacial score (nSPS) is 16.0. The van der Waals surface area contributed by atoms with E-state index in [9.17, 15) is 9.18 Å². The molecule has 1 aliphatic rings. The molecule has 4 rings (SSSR count). The van der Waals surface area contributed by atoms with Crippen molar-refractivity contribution in [1.29, 1.82) is 0 Å². The summed E-state index contributed by atoms with van der Waals surface area (Å²) in [5, 5.41) is 7.43. The summed E-state index contributed by atoms with van der Waals surface area (Å²) in [6, 6.07) is 11.7. The van der Waals surface area contributed by atoms with Crippen LogP contribution in [-0.2, 0) is 4.79 Å². The molecule has 1 amide bonds. The number of ether oxygens (including phenoxy) is 2. The second-order valence-corrected chi connectivity index (χ2v) is 7.68. The molecule has 0 saturated heterocycles. The number of carbonyl (C=O) groups excluding carboxylic acids is 1. The van der Waals surface area contributed by atoms with Crippen molar-refractivity contribution in [3.05, 3.63) is 65.1 Å². The lowest BCUT2D eigenvalue weighted by molar-refractivity contribution is -0.113. The van der Waals surface area contributed by atoms with E-state index in [4.69, 9.17) is 9.47 Å². The largest absolute Gasteiger partial charge is 0.497 e. The first-order chi connectivity index (χ1) is 14.0. The fourth-order valence-electron chi connectivity index (χ4n) is 3.43. The molecule has 1 atom stereocenters. The van der Waals surface area contributed by atoms with E-state index >= 15 is 0 Å². The lowest BCUT2D eigenvalue weighted by atomic mass is 10.0. The van der Waals surface area contributed by atoms with Gasteiger partial charge in [0.2, 0.25) is 5.91 Å². The van der Waals surface area contributed by atoms with Crippen LogP contribution in [0, 0.1) is 12.7 Å². The molecule has 6 nitrogen and oxygen atoms in total. The van der Waals surface area contributed by atoms with Crippen molar-refractivity contribution < 1.29 is 18.7 Å². The Balaban J connectivity index is 1.88. The zero-order chi connectivity index (χ0) is 20.5. The highest BCUT2D eigenvalue weighted by Crippen LogP contribution is 2.47. The summed E-state index contributed by atoms with van der Waals surface area (Å²) >= 11 is 1.51. The molecule has 2 heterocycles.